The number of carboxylic acids is 2. The van der Waals surface area contributed by atoms with Crippen LogP contribution in [0.5, 0.6) is 0 Å². The van der Waals surface area contributed by atoms with E-state index in [1.807, 2.05) is 5.32 Å². The number of primary amides is 1. The lowest BCUT2D eigenvalue weighted by molar-refractivity contribution is -0.145. The van der Waals surface area contributed by atoms with Gasteiger partial charge in [-0.3, -0.25) is 4.79 Å². The van der Waals surface area contributed by atoms with Gasteiger partial charge in [-0.05, 0) is 0 Å². The van der Waals surface area contributed by atoms with E-state index in [0.29, 0.717) is 0 Å². The Bertz CT molecular complexity index is 344. The summed E-state index contributed by atoms with van der Waals surface area (Å²) < 4.78 is 4.30. The number of rotatable bonds is 7. The summed E-state index contributed by atoms with van der Waals surface area (Å²) in [6.07, 6.45) is -1.76. The van der Waals surface area contributed by atoms with E-state index in [9.17, 15) is 19.2 Å². The fourth-order valence-corrected chi connectivity index (χ4v) is 0.900. The standard InChI is InChI=1S/C8H13N3O7/c9-7(16)18-2-1-10-8(17)11-4(6(14)15)3-5(12)13/h4H,1-3H2,(H2,9,16)(H,12,13)(H,14,15)(H2,10,11,17)/t4-/m0/s1. The van der Waals surface area contributed by atoms with Gasteiger partial charge in [-0.2, -0.15) is 0 Å². The van der Waals surface area contributed by atoms with Crippen molar-refractivity contribution in [2.24, 2.45) is 5.73 Å². The highest BCUT2D eigenvalue weighted by atomic mass is 16.5. The van der Waals surface area contributed by atoms with Crippen LogP contribution in [-0.2, 0) is 14.3 Å². The molecule has 1 atom stereocenters. The monoisotopic (exact) mass is 263 g/mol. The Kier molecular flexibility index (Phi) is 6.63. The topological polar surface area (TPSA) is 168 Å². The molecule has 10 nitrogen and oxygen atoms in total. The Hall–Kier alpha value is -2.52. The van der Waals surface area contributed by atoms with Crippen molar-refractivity contribution in [1.82, 2.24) is 10.6 Å². The molecule has 0 bridgehead atoms. The highest BCUT2D eigenvalue weighted by molar-refractivity contribution is 5.86. The van der Waals surface area contributed by atoms with E-state index in [1.165, 1.54) is 0 Å². The van der Waals surface area contributed by atoms with Gasteiger partial charge in [0.2, 0.25) is 0 Å². The molecule has 0 unspecified atom stereocenters. The second-order valence-electron chi connectivity index (χ2n) is 3.06. The van der Waals surface area contributed by atoms with Crippen LogP contribution in [0.15, 0.2) is 0 Å². The van der Waals surface area contributed by atoms with Gasteiger partial charge in [0, 0.05) is 0 Å². The van der Waals surface area contributed by atoms with Gasteiger partial charge in [0.25, 0.3) is 0 Å². The molecule has 0 spiro atoms. The van der Waals surface area contributed by atoms with E-state index in [2.05, 4.69) is 15.8 Å². The molecule has 102 valence electrons. The lowest BCUT2D eigenvalue weighted by atomic mass is 10.2. The highest BCUT2D eigenvalue weighted by Crippen LogP contribution is 1.92. The van der Waals surface area contributed by atoms with Crippen LogP contribution in [0.2, 0.25) is 0 Å². The number of urea groups is 1. The molecular weight excluding hydrogens is 250 g/mol. The van der Waals surface area contributed by atoms with E-state index in [-0.39, 0.29) is 13.2 Å². The average Bonchev–Trinajstić information content (AvgIpc) is 2.22. The second-order valence-corrected chi connectivity index (χ2v) is 3.06. The van der Waals surface area contributed by atoms with Crippen molar-refractivity contribution in [2.75, 3.05) is 13.2 Å². The molecule has 0 heterocycles. The van der Waals surface area contributed by atoms with Gasteiger partial charge in [-0.25, -0.2) is 14.4 Å². The minimum absolute atomic E-state index is 0.0891. The summed E-state index contributed by atoms with van der Waals surface area (Å²) in [5, 5.41) is 21.1. The molecule has 0 rings (SSSR count). The summed E-state index contributed by atoms with van der Waals surface area (Å²) >= 11 is 0. The first-order valence-corrected chi connectivity index (χ1v) is 4.74. The predicted octanol–water partition coefficient (Wildman–Crippen LogP) is -1.69. The number of carbonyl (C=O) groups excluding carboxylic acids is 2. The highest BCUT2D eigenvalue weighted by Gasteiger charge is 2.22. The number of hydrogen-bond donors (Lipinski definition) is 5. The third-order valence-corrected chi connectivity index (χ3v) is 1.61. The van der Waals surface area contributed by atoms with Crippen LogP contribution in [-0.4, -0.2) is 53.5 Å². The largest absolute Gasteiger partial charge is 0.481 e. The fraction of sp³-hybridized carbons (Fsp3) is 0.500. The molecular formula is C8H13N3O7. The first-order valence-electron chi connectivity index (χ1n) is 4.74. The molecule has 0 saturated heterocycles. The number of hydrogen-bond acceptors (Lipinski definition) is 5. The van der Waals surface area contributed by atoms with Crippen LogP contribution < -0.4 is 16.4 Å². The van der Waals surface area contributed by atoms with Crippen molar-refractivity contribution in [3.8, 4) is 0 Å². The van der Waals surface area contributed by atoms with Crippen molar-refractivity contribution in [2.45, 2.75) is 12.5 Å². The number of aliphatic carboxylic acids is 2. The lowest BCUT2D eigenvalue weighted by Gasteiger charge is -2.13. The average molecular weight is 263 g/mol. The maximum absolute atomic E-state index is 11.1. The Morgan fingerprint density at radius 3 is 2.28 bits per heavy atom. The zero-order chi connectivity index (χ0) is 14.1. The van der Waals surface area contributed by atoms with Crippen molar-refractivity contribution in [3.63, 3.8) is 0 Å². The second kappa shape index (κ2) is 7.70. The molecule has 0 aliphatic rings. The van der Waals surface area contributed by atoms with Crippen LogP contribution in [0.4, 0.5) is 9.59 Å². The fourth-order valence-electron chi connectivity index (χ4n) is 0.900. The van der Waals surface area contributed by atoms with Crippen molar-refractivity contribution < 1.29 is 34.1 Å². The summed E-state index contributed by atoms with van der Waals surface area (Å²) in [6.45, 7) is -0.270. The molecule has 0 aromatic heterocycles. The summed E-state index contributed by atoms with van der Waals surface area (Å²) in [4.78, 5) is 42.2. The first-order chi connectivity index (χ1) is 8.32. The van der Waals surface area contributed by atoms with Crippen LogP contribution in [0.3, 0.4) is 0 Å². The molecule has 0 radical (unpaired) electrons. The van der Waals surface area contributed by atoms with Crippen LogP contribution in [0, 0.1) is 0 Å². The summed E-state index contributed by atoms with van der Waals surface area (Å²) in [5.74, 6) is -2.83. The SMILES string of the molecule is NC(=O)OCCNC(=O)N[C@@H](CC(=O)O)C(=O)O. The van der Waals surface area contributed by atoms with Gasteiger partial charge >= 0.3 is 24.1 Å². The Morgan fingerprint density at radius 1 is 1.22 bits per heavy atom. The first kappa shape index (κ1) is 15.5. The summed E-state index contributed by atoms with van der Waals surface area (Å²) in [6, 6.07) is -2.43. The van der Waals surface area contributed by atoms with Gasteiger partial charge in [0.15, 0.2) is 0 Å². The van der Waals surface area contributed by atoms with Gasteiger partial charge in [0.05, 0.1) is 13.0 Å². The molecule has 0 aromatic rings. The van der Waals surface area contributed by atoms with E-state index >= 15 is 0 Å². The molecule has 10 heteroatoms. The third-order valence-electron chi connectivity index (χ3n) is 1.61. The van der Waals surface area contributed by atoms with Crippen LogP contribution >= 0.6 is 0 Å². The van der Waals surface area contributed by atoms with Gasteiger partial charge in [0.1, 0.15) is 12.6 Å². The third kappa shape index (κ3) is 7.73. The van der Waals surface area contributed by atoms with Crippen LogP contribution in [0.1, 0.15) is 6.42 Å². The van der Waals surface area contributed by atoms with E-state index in [1.54, 1.807) is 0 Å². The summed E-state index contributed by atoms with van der Waals surface area (Å²) in [7, 11) is 0. The number of nitrogens with one attached hydrogen (secondary N) is 2. The maximum Gasteiger partial charge on any atom is 0.404 e. The van der Waals surface area contributed by atoms with Crippen molar-refractivity contribution >= 4 is 24.1 Å². The number of carbonyl (C=O) groups is 4. The lowest BCUT2D eigenvalue weighted by Crippen LogP contribution is -2.47. The maximum atomic E-state index is 11.1. The smallest absolute Gasteiger partial charge is 0.404 e. The van der Waals surface area contributed by atoms with E-state index < -0.39 is 36.5 Å². The van der Waals surface area contributed by atoms with Gasteiger partial charge in [-0.1, -0.05) is 0 Å². The Labute approximate surface area is 101 Å². The van der Waals surface area contributed by atoms with Crippen molar-refractivity contribution in [1.29, 1.82) is 0 Å². The molecule has 0 aliphatic carbocycles. The quantitative estimate of drug-likeness (QED) is 0.341. The number of ether oxygens (including phenoxy) is 1. The minimum Gasteiger partial charge on any atom is -0.481 e. The number of carboxylic acid groups (broad SMARTS) is 2. The summed E-state index contributed by atoms with van der Waals surface area (Å²) in [5.41, 5.74) is 4.65. The van der Waals surface area contributed by atoms with Gasteiger partial charge in [-0.15, -0.1) is 0 Å². The molecule has 0 aromatic carbocycles. The molecule has 0 fully saturated rings. The molecule has 0 aliphatic heterocycles. The number of amides is 3. The normalized spacial score (nSPS) is 11.1. The molecule has 3 amide bonds. The molecule has 0 saturated carbocycles. The zero-order valence-corrected chi connectivity index (χ0v) is 9.21. The van der Waals surface area contributed by atoms with E-state index in [0.717, 1.165) is 0 Å². The predicted molar refractivity (Wildman–Crippen MR) is 55.7 cm³/mol. The minimum atomic E-state index is -1.54. The van der Waals surface area contributed by atoms with Crippen LogP contribution in [0.25, 0.3) is 0 Å². The van der Waals surface area contributed by atoms with Crippen molar-refractivity contribution in [3.05, 3.63) is 0 Å². The number of nitrogens with two attached hydrogens (primary N) is 1. The Morgan fingerprint density at radius 2 is 1.83 bits per heavy atom. The molecule has 18 heavy (non-hydrogen) atoms. The van der Waals surface area contributed by atoms with Gasteiger partial charge < -0.3 is 31.3 Å². The zero-order valence-electron chi connectivity index (χ0n) is 9.21. The van der Waals surface area contributed by atoms with E-state index in [4.69, 9.17) is 10.2 Å². The Balaban J connectivity index is 3.99. The molecule has 6 N–H and O–H groups in total.